The van der Waals surface area contributed by atoms with Gasteiger partial charge in [-0.2, -0.15) is 0 Å². The number of benzene rings is 2. The van der Waals surface area contributed by atoms with Crippen LogP contribution in [0.3, 0.4) is 0 Å². The predicted octanol–water partition coefficient (Wildman–Crippen LogP) is 5.44. The second-order valence-electron chi connectivity index (χ2n) is 6.77. The lowest BCUT2D eigenvalue weighted by Crippen LogP contribution is -2.10. The van der Waals surface area contributed by atoms with E-state index < -0.39 is 0 Å². The van der Waals surface area contributed by atoms with Crippen molar-refractivity contribution in [1.82, 2.24) is 4.98 Å². The highest BCUT2D eigenvalue weighted by Gasteiger charge is 2.17. The molecule has 4 nitrogen and oxygen atoms in total. The molecule has 0 radical (unpaired) electrons. The van der Waals surface area contributed by atoms with Crippen molar-refractivity contribution < 1.29 is 0 Å². The van der Waals surface area contributed by atoms with Gasteiger partial charge in [0.2, 0.25) is 0 Å². The number of hydrogen-bond donors (Lipinski definition) is 2. The first-order valence-electron chi connectivity index (χ1n) is 9.28. The number of nitrogens with zero attached hydrogens (tertiary/aromatic N) is 2. The molecule has 1 aliphatic rings. The molecule has 3 N–H and O–H groups in total. The fraction of sp³-hybridized carbons (Fsp3) is 0.174. The van der Waals surface area contributed by atoms with E-state index in [2.05, 4.69) is 18.2 Å². The number of aromatic nitrogens is 1. The monoisotopic (exact) mass is 354 g/mol. The van der Waals surface area contributed by atoms with Crippen molar-refractivity contribution in [3.63, 3.8) is 0 Å². The second kappa shape index (κ2) is 7.54. The van der Waals surface area contributed by atoms with Gasteiger partial charge in [0.25, 0.3) is 0 Å². The van der Waals surface area contributed by atoms with Gasteiger partial charge in [-0.15, -0.1) is 0 Å². The van der Waals surface area contributed by atoms with Crippen LogP contribution in [-0.2, 0) is 0 Å². The summed E-state index contributed by atoms with van der Waals surface area (Å²) in [6.07, 6.45) is 9.89. The summed E-state index contributed by atoms with van der Waals surface area (Å²) < 4.78 is 0. The Kier molecular flexibility index (Phi) is 4.79. The third kappa shape index (κ3) is 3.51. The van der Waals surface area contributed by atoms with Crippen molar-refractivity contribution in [3.05, 3.63) is 77.6 Å². The van der Waals surface area contributed by atoms with Crippen LogP contribution in [0.1, 0.15) is 36.9 Å². The maximum Gasteiger partial charge on any atom is 0.0967 e. The second-order valence-corrected chi connectivity index (χ2v) is 6.77. The highest BCUT2D eigenvalue weighted by atomic mass is 14.8. The molecular weight excluding hydrogens is 332 g/mol. The van der Waals surface area contributed by atoms with E-state index in [4.69, 9.17) is 21.1 Å². The van der Waals surface area contributed by atoms with E-state index in [1.807, 2.05) is 42.6 Å². The zero-order valence-corrected chi connectivity index (χ0v) is 15.2. The van der Waals surface area contributed by atoms with Gasteiger partial charge in [0, 0.05) is 29.0 Å². The van der Waals surface area contributed by atoms with Crippen LogP contribution in [-0.4, -0.2) is 16.9 Å². The zero-order chi connectivity index (χ0) is 18.6. The number of fused-ring (bicyclic) bond motifs is 1. The van der Waals surface area contributed by atoms with E-state index in [-0.39, 0.29) is 0 Å². The summed E-state index contributed by atoms with van der Waals surface area (Å²) in [6, 6.07) is 15.9. The lowest BCUT2D eigenvalue weighted by molar-refractivity contribution is 0.717. The minimum Gasteiger partial charge on any atom is -0.398 e. The first-order chi connectivity index (χ1) is 13.3. The Balaban J connectivity index is 1.92. The predicted molar refractivity (Wildman–Crippen MR) is 113 cm³/mol. The number of nitrogens with two attached hydrogens (primary N) is 1. The van der Waals surface area contributed by atoms with Gasteiger partial charge in [0.1, 0.15) is 0 Å². The Morgan fingerprint density at radius 3 is 2.81 bits per heavy atom. The van der Waals surface area contributed by atoms with Gasteiger partial charge in [0.05, 0.1) is 17.1 Å². The maximum atomic E-state index is 7.55. The first-order valence-corrected chi connectivity index (χ1v) is 9.28. The Labute approximate surface area is 159 Å². The number of pyridine rings is 1. The molecule has 4 heteroatoms. The molecule has 0 amide bonds. The quantitative estimate of drug-likeness (QED) is 0.484. The Hall–Kier alpha value is -3.27. The molecule has 2 aromatic carbocycles. The van der Waals surface area contributed by atoms with E-state index in [9.17, 15) is 0 Å². The molecule has 4 rings (SSSR count). The summed E-state index contributed by atoms with van der Waals surface area (Å²) in [6.45, 7) is 0. The molecule has 0 atom stereocenters. The van der Waals surface area contributed by atoms with Crippen molar-refractivity contribution in [2.24, 2.45) is 4.99 Å². The van der Waals surface area contributed by atoms with Crippen LogP contribution in [0.4, 0.5) is 11.4 Å². The van der Waals surface area contributed by atoms with Gasteiger partial charge >= 0.3 is 0 Å². The van der Waals surface area contributed by atoms with Crippen LogP contribution in [0, 0.1) is 5.41 Å². The molecule has 134 valence electrons. The molecule has 0 spiro atoms. The topological polar surface area (TPSA) is 75.1 Å². The minimum absolute atomic E-state index is 0.589. The van der Waals surface area contributed by atoms with Crippen molar-refractivity contribution in [1.29, 1.82) is 5.41 Å². The standard InChI is InChI=1S/C23H22N4/c24-15-18-14-19(10-11-21(18)25)27-22(17-7-2-1-3-8-17)23-20-9-5-4-6-16(20)12-13-26-23/h4-7,9-15,24H,1-3,8,25H2. The summed E-state index contributed by atoms with van der Waals surface area (Å²) in [5, 5.41) is 9.82. The number of hydrogen-bond acceptors (Lipinski definition) is 4. The molecule has 0 fully saturated rings. The number of allylic oxidation sites excluding steroid dienone is 2. The van der Waals surface area contributed by atoms with E-state index in [1.165, 1.54) is 24.6 Å². The molecule has 0 saturated heterocycles. The summed E-state index contributed by atoms with van der Waals surface area (Å²) in [5.41, 5.74) is 11.1. The fourth-order valence-electron chi connectivity index (χ4n) is 3.52. The van der Waals surface area contributed by atoms with E-state index in [1.54, 1.807) is 0 Å². The van der Waals surface area contributed by atoms with Crippen molar-refractivity contribution in [3.8, 4) is 0 Å². The smallest absolute Gasteiger partial charge is 0.0967 e. The van der Waals surface area contributed by atoms with Crippen LogP contribution in [0.2, 0.25) is 0 Å². The van der Waals surface area contributed by atoms with Crippen molar-refractivity contribution >= 4 is 34.1 Å². The van der Waals surface area contributed by atoms with Gasteiger partial charge in [0.15, 0.2) is 0 Å². The molecular formula is C23H22N4. The molecule has 0 saturated carbocycles. The lowest BCUT2D eigenvalue weighted by Gasteiger charge is -2.16. The van der Waals surface area contributed by atoms with Crippen LogP contribution in [0.25, 0.3) is 10.8 Å². The summed E-state index contributed by atoms with van der Waals surface area (Å²) in [5.74, 6) is 0. The molecule has 0 bridgehead atoms. The van der Waals surface area contributed by atoms with Gasteiger partial charge in [-0.3, -0.25) is 4.98 Å². The number of aliphatic imine (C=N–C) groups is 1. The molecule has 3 aromatic rings. The Morgan fingerprint density at radius 1 is 1.11 bits per heavy atom. The normalized spacial score (nSPS) is 14.8. The van der Waals surface area contributed by atoms with Gasteiger partial charge < -0.3 is 11.1 Å². The van der Waals surface area contributed by atoms with Crippen LogP contribution >= 0.6 is 0 Å². The zero-order valence-electron chi connectivity index (χ0n) is 15.2. The molecule has 1 aliphatic carbocycles. The van der Waals surface area contributed by atoms with Gasteiger partial charge in [-0.25, -0.2) is 4.99 Å². The Morgan fingerprint density at radius 2 is 2.00 bits per heavy atom. The lowest BCUT2D eigenvalue weighted by atomic mass is 9.92. The average molecular weight is 354 g/mol. The largest absolute Gasteiger partial charge is 0.398 e. The highest BCUT2D eigenvalue weighted by Crippen LogP contribution is 2.28. The molecule has 0 aliphatic heterocycles. The van der Waals surface area contributed by atoms with Gasteiger partial charge in [-0.05, 0) is 60.9 Å². The SMILES string of the molecule is N=Cc1cc(N=C(C2=CCCCC2)c2nccc3ccccc23)ccc1N. The number of nitrogens with one attached hydrogen (secondary N) is 1. The summed E-state index contributed by atoms with van der Waals surface area (Å²) >= 11 is 0. The van der Waals surface area contributed by atoms with E-state index >= 15 is 0 Å². The Bertz CT molecular complexity index is 1060. The average Bonchev–Trinajstić information content (AvgIpc) is 2.73. The number of nitrogen functional groups attached to an aromatic ring is 1. The highest BCUT2D eigenvalue weighted by molar-refractivity contribution is 6.18. The van der Waals surface area contributed by atoms with Crippen LogP contribution in [0.15, 0.2) is 71.4 Å². The molecule has 0 unspecified atom stereocenters. The van der Waals surface area contributed by atoms with Crippen molar-refractivity contribution in [2.75, 3.05) is 5.73 Å². The van der Waals surface area contributed by atoms with Gasteiger partial charge in [-0.1, -0.05) is 30.3 Å². The third-order valence-corrected chi connectivity index (χ3v) is 4.96. The number of rotatable bonds is 4. The van der Waals surface area contributed by atoms with Crippen LogP contribution in [0.5, 0.6) is 0 Å². The molecule has 1 aromatic heterocycles. The maximum absolute atomic E-state index is 7.55. The van der Waals surface area contributed by atoms with E-state index in [0.29, 0.717) is 11.3 Å². The van der Waals surface area contributed by atoms with Crippen LogP contribution < -0.4 is 5.73 Å². The minimum atomic E-state index is 0.589. The summed E-state index contributed by atoms with van der Waals surface area (Å²) in [7, 11) is 0. The summed E-state index contributed by atoms with van der Waals surface area (Å²) in [4.78, 5) is 9.68. The number of anilines is 1. The molecule has 1 heterocycles. The third-order valence-electron chi connectivity index (χ3n) is 4.96. The van der Waals surface area contributed by atoms with E-state index in [0.717, 1.165) is 40.7 Å². The fourth-order valence-corrected chi connectivity index (χ4v) is 3.52. The first kappa shape index (κ1) is 17.2. The van der Waals surface area contributed by atoms with Crippen molar-refractivity contribution in [2.45, 2.75) is 25.7 Å². The molecule has 27 heavy (non-hydrogen) atoms.